The van der Waals surface area contributed by atoms with Crippen LogP contribution in [0.2, 0.25) is 0 Å². The molecule has 1 aromatic carbocycles. The van der Waals surface area contributed by atoms with Crippen LogP contribution < -0.4 is 5.32 Å². The maximum absolute atomic E-state index is 12.7. The van der Waals surface area contributed by atoms with Crippen molar-refractivity contribution < 1.29 is 14.7 Å². The van der Waals surface area contributed by atoms with Gasteiger partial charge in [0, 0.05) is 11.9 Å². The van der Waals surface area contributed by atoms with Crippen LogP contribution in [0.5, 0.6) is 0 Å². The quantitative estimate of drug-likeness (QED) is 0.681. The summed E-state index contributed by atoms with van der Waals surface area (Å²) in [5.41, 5.74) is 1.88. The average Bonchev–Trinajstić information content (AvgIpc) is 3.28. The smallest absolute Gasteiger partial charge is 0.306 e. The SMILES string of the molecule is Cc1nn(-c2ccccc2)c2sc(C(=O)NCC3CCC(C(=O)O)CC3)cc12. The molecule has 1 aliphatic rings. The fourth-order valence-electron chi connectivity index (χ4n) is 3.84. The average molecular weight is 398 g/mol. The summed E-state index contributed by atoms with van der Waals surface area (Å²) in [7, 11) is 0. The Morgan fingerprint density at radius 1 is 1.21 bits per heavy atom. The fourth-order valence-corrected chi connectivity index (χ4v) is 4.94. The first kappa shape index (κ1) is 18.7. The van der Waals surface area contributed by atoms with E-state index in [9.17, 15) is 9.59 Å². The molecule has 1 fully saturated rings. The highest BCUT2D eigenvalue weighted by atomic mass is 32.1. The summed E-state index contributed by atoms with van der Waals surface area (Å²) in [4.78, 5) is 25.4. The van der Waals surface area contributed by atoms with E-state index >= 15 is 0 Å². The van der Waals surface area contributed by atoms with Crippen molar-refractivity contribution in [2.24, 2.45) is 11.8 Å². The highest BCUT2D eigenvalue weighted by molar-refractivity contribution is 7.20. The number of carboxylic acid groups (broad SMARTS) is 1. The van der Waals surface area contributed by atoms with Crippen LogP contribution in [0.1, 0.15) is 41.0 Å². The first-order valence-corrected chi connectivity index (χ1v) is 10.4. The van der Waals surface area contributed by atoms with Gasteiger partial charge < -0.3 is 10.4 Å². The molecular formula is C21H23N3O3S. The minimum atomic E-state index is -0.699. The number of aryl methyl sites for hydroxylation is 1. The van der Waals surface area contributed by atoms with E-state index in [1.54, 1.807) is 0 Å². The van der Waals surface area contributed by atoms with E-state index in [1.165, 1.54) is 11.3 Å². The lowest BCUT2D eigenvalue weighted by Gasteiger charge is -2.26. The molecule has 1 saturated carbocycles. The Morgan fingerprint density at radius 3 is 2.61 bits per heavy atom. The Bertz CT molecular complexity index is 1000. The van der Waals surface area contributed by atoms with Crippen LogP contribution in [0.3, 0.4) is 0 Å². The van der Waals surface area contributed by atoms with Crippen molar-refractivity contribution in [3.05, 3.63) is 47.0 Å². The van der Waals surface area contributed by atoms with Gasteiger partial charge in [-0.3, -0.25) is 9.59 Å². The summed E-state index contributed by atoms with van der Waals surface area (Å²) in [5, 5.41) is 17.7. The first-order valence-electron chi connectivity index (χ1n) is 9.58. The van der Waals surface area contributed by atoms with E-state index in [0.717, 1.165) is 34.4 Å². The number of aromatic nitrogens is 2. The highest BCUT2D eigenvalue weighted by Crippen LogP contribution is 2.31. The monoisotopic (exact) mass is 397 g/mol. The molecular weight excluding hydrogens is 374 g/mol. The molecule has 2 heterocycles. The number of para-hydroxylation sites is 1. The molecule has 4 rings (SSSR count). The van der Waals surface area contributed by atoms with Gasteiger partial charge in [-0.1, -0.05) is 18.2 Å². The number of hydrogen-bond donors (Lipinski definition) is 2. The minimum Gasteiger partial charge on any atom is -0.481 e. The predicted octanol–water partition coefficient (Wildman–Crippen LogP) is 4.02. The van der Waals surface area contributed by atoms with Crippen molar-refractivity contribution in [1.82, 2.24) is 15.1 Å². The van der Waals surface area contributed by atoms with Gasteiger partial charge in [-0.05, 0) is 56.7 Å². The molecule has 0 aliphatic heterocycles. The summed E-state index contributed by atoms with van der Waals surface area (Å²) in [6, 6.07) is 11.8. The lowest BCUT2D eigenvalue weighted by Crippen LogP contribution is -2.32. The number of carboxylic acids is 1. The standard InChI is InChI=1S/C21H23N3O3S/c1-13-17-11-18(28-20(17)24(23-13)16-5-3-2-4-6-16)19(25)22-12-14-7-9-15(10-8-14)21(26)27/h2-6,11,14-15H,7-10,12H2,1H3,(H,22,25)(H,26,27). The Balaban J connectivity index is 1.45. The lowest BCUT2D eigenvalue weighted by atomic mass is 9.82. The highest BCUT2D eigenvalue weighted by Gasteiger charge is 2.26. The van der Waals surface area contributed by atoms with E-state index in [4.69, 9.17) is 5.11 Å². The molecule has 2 N–H and O–H groups in total. The number of nitrogens with zero attached hydrogens (tertiary/aromatic N) is 2. The van der Waals surface area contributed by atoms with E-state index in [-0.39, 0.29) is 11.8 Å². The maximum Gasteiger partial charge on any atom is 0.306 e. The normalized spacial score (nSPS) is 19.6. The molecule has 3 aromatic rings. The number of aliphatic carboxylic acids is 1. The van der Waals surface area contributed by atoms with Crippen molar-refractivity contribution in [1.29, 1.82) is 0 Å². The number of thiophene rings is 1. The summed E-state index contributed by atoms with van der Waals surface area (Å²) < 4.78 is 1.89. The third kappa shape index (κ3) is 3.67. The molecule has 2 aromatic heterocycles. The van der Waals surface area contributed by atoms with Crippen LogP contribution >= 0.6 is 11.3 Å². The second-order valence-electron chi connectivity index (χ2n) is 7.43. The van der Waals surface area contributed by atoms with Gasteiger partial charge in [0.25, 0.3) is 5.91 Å². The Kier molecular flexibility index (Phi) is 5.17. The van der Waals surface area contributed by atoms with Gasteiger partial charge in [0.1, 0.15) is 4.83 Å². The van der Waals surface area contributed by atoms with Crippen LogP contribution in [0.15, 0.2) is 36.4 Å². The van der Waals surface area contributed by atoms with Gasteiger partial charge >= 0.3 is 5.97 Å². The molecule has 28 heavy (non-hydrogen) atoms. The summed E-state index contributed by atoms with van der Waals surface area (Å²) >= 11 is 1.45. The zero-order valence-corrected chi connectivity index (χ0v) is 16.5. The van der Waals surface area contributed by atoms with Gasteiger partial charge in [-0.25, -0.2) is 4.68 Å². The third-order valence-corrected chi connectivity index (χ3v) is 6.63. The summed E-state index contributed by atoms with van der Waals surface area (Å²) in [6.07, 6.45) is 3.10. The number of nitrogens with one attached hydrogen (secondary N) is 1. The fraction of sp³-hybridized carbons (Fsp3) is 0.381. The van der Waals surface area contributed by atoms with Gasteiger partial charge in [0.2, 0.25) is 0 Å². The minimum absolute atomic E-state index is 0.0689. The molecule has 1 amide bonds. The summed E-state index contributed by atoms with van der Waals surface area (Å²) in [5.74, 6) is -0.634. The zero-order valence-electron chi connectivity index (χ0n) is 15.7. The molecule has 0 saturated heterocycles. The van der Waals surface area contributed by atoms with Gasteiger partial charge in [-0.15, -0.1) is 11.3 Å². The molecule has 7 heteroatoms. The topological polar surface area (TPSA) is 84.2 Å². The molecule has 0 radical (unpaired) electrons. The van der Waals surface area contributed by atoms with Crippen LogP contribution in [-0.4, -0.2) is 33.3 Å². The number of benzene rings is 1. The number of rotatable bonds is 5. The molecule has 6 nitrogen and oxygen atoms in total. The van der Waals surface area contributed by atoms with Crippen molar-refractivity contribution >= 4 is 33.4 Å². The van der Waals surface area contributed by atoms with Crippen LogP contribution in [0.25, 0.3) is 15.9 Å². The van der Waals surface area contributed by atoms with E-state index in [1.807, 2.05) is 48.0 Å². The number of carbonyl (C=O) groups is 2. The van der Waals surface area contributed by atoms with E-state index in [2.05, 4.69) is 10.4 Å². The molecule has 146 valence electrons. The molecule has 0 unspecified atom stereocenters. The second kappa shape index (κ2) is 7.75. The largest absolute Gasteiger partial charge is 0.481 e. The number of amides is 1. The van der Waals surface area contributed by atoms with Crippen LogP contribution in [0.4, 0.5) is 0 Å². The molecule has 0 atom stereocenters. The molecule has 0 spiro atoms. The summed E-state index contributed by atoms with van der Waals surface area (Å²) in [6.45, 7) is 2.56. The number of carbonyl (C=O) groups excluding carboxylic acids is 1. The van der Waals surface area contributed by atoms with Crippen LogP contribution in [-0.2, 0) is 4.79 Å². The zero-order chi connectivity index (χ0) is 19.7. The maximum atomic E-state index is 12.7. The second-order valence-corrected chi connectivity index (χ2v) is 8.46. The van der Waals surface area contributed by atoms with Gasteiger partial charge in [-0.2, -0.15) is 5.10 Å². The van der Waals surface area contributed by atoms with Crippen LogP contribution in [0, 0.1) is 18.8 Å². The van der Waals surface area contributed by atoms with Crippen molar-refractivity contribution in [3.63, 3.8) is 0 Å². The lowest BCUT2D eigenvalue weighted by molar-refractivity contribution is -0.143. The van der Waals surface area contributed by atoms with Gasteiger partial charge in [0.15, 0.2) is 0 Å². The van der Waals surface area contributed by atoms with Crippen molar-refractivity contribution in [2.75, 3.05) is 6.54 Å². The van der Waals surface area contributed by atoms with Crippen molar-refractivity contribution in [2.45, 2.75) is 32.6 Å². The number of hydrogen-bond acceptors (Lipinski definition) is 4. The Hall–Kier alpha value is -2.67. The first-order chi connectivity index (χ1) is 13.5. The van der Waals surface area contributed by atoms with E-state index < -0.39 is 5.97 Å². The third-order valence-electron chi connectivity index (χ3n) is 5.52. The Morgan fingerprint density at radius 2 is 1.93 bits per heavy atom. The molecule has 1 aliphatic carbocycles. The van der Waals surface area contributed by atoms with E-state index in [0.29, 0.717) is 30.2 Å². The predicted molar refractivity (Wildman–Crippen MR) is 109 cm³/mol. The molecule has 0 bridgehead atoms. The Labute approximate surface area is 167 Å². The van der Waals surface area contributed by atoms with Crippen molar-refractivity contribution in [3.8, 4) is 5.69 Å². The van der Waals surface area contributed by atoms with Gasteiger partial charge in [0.05, 0.1) is 22.2 Å². The number of fused-ring (bicyclic) bond motifs is 1.